The molecule has 1 aromatic heterocycles. The standard InChI is InChI=1S/C13H13N3O3/c1-8-5-3-4-6-9(8)12(17)15-10-7-14-16(2)11(10)13(18)19/h3-7H,1-2H3,(H,15,17)(H,18,19). The molecule has 0 atom stereocenters. The van der Waals surface area contributed by atoms with Crippen molar-refractivity contribution in [3.63, 3.8) is 0 Å². The van der Waals surface area contributed by atoms with E-state index in [1.54, 1.807) is 12.1 Å². The maximum absolute atomic E-state index is 12.1. The van der Waals surface area contributed by atoms with E-state index in [1.165, 1.54) is 17.9 Å². The molecule has 0 aliphatic carbocycles. The number of hydrogen-bond donors (Lipinski definition) is 2. The van der Waals surface area contributed by atoms with Crippen LogP contribution in [0.5, 0.6) is 0 Å². The van der Waals surface area contributed by atoms with Crippen molar-refractivity contribution in [2.45, 2.75) is 6.92 Å². The number of nitrogens with one attached hydrogen (secondary N) is 1. The summed E-state index contributed by atoms with van der Waals surface area (Å²) >= 11 is 0. The molecule has 0 unspecified atom stereocenters. The van der Waals surface area contributed by atoms with Crippen molar-refractivity contribution in [3.8, 4) is 0 Å². The second-order valence-corrected chi connectivity index (χ2v) is 4.10. The fraction of sp³-hybridized carbons (Fsp3) is 0.154. The molecule has 2 rings (SSSR count). The van der Waals surface area contributed by atoms with E-state index in [0.29, 0.717) is 5.56 Å². The van der Waals surface area contributed by atoms with Crippen LogP contribution in [-0.4, -0.2) is 26.8 Å². The minimum atomic E-state index is -1.14. The molecule has 2 aromatic rings. The maximum atomic E-state index is 12.1. The highest BCUT2D eigenvalue weighted by Crippen LogP contribution is 2.16. The van der Waals surface area contributed by atoms with E-state index in [-0.39, 0.29) is 17.3 Å². The molecule has 0 radical (unpaired) electrons. The first kappa shape index (κ1) is 12.8. The Morgan fingerprint density at radius 2 is 2.00 bits per heavy atom. The summed E-state index contributed by atoms with van der Waals surface area (Å²) in [7, 11) is 1.51. The van der Waals surface area contributed by atoms with Crippen molar-refractivity contribution < 1.29 is 14.7 Å². The lowest BCUT2D eigenvalue weighted by Gasteiger charge is -2.06. The zero-order valence-electron chi connectivity index (χ0n) is 10.5. The van der Waals surface area contributed by atoms with Crippen molar-refractivity contribution in [2.75, 3.05) is 5.32 Å². The van der Waals surface area contributed by atoms with E-state index >= 15 is 0 Å². The summed E-state index contributed by atoms with van der Waals surface area (Å²) in [6, 6.07) is 7.08. The molecule has 0 saturated carbocycles. The maximum Gasteiger partial charge on any atom is 0.356 e. The number of carboxylic acids is 1. The van der Waals surface area contributed by atoms with E-state index in [9.17, 15) is 9.59 Å². The summed E-state index contributed by atoms with van der Waals surface area (Å²) < 4.78 is 1.20. The average Bonchev–Trinajstić information content (AvgIpc) is 2.70. The number of rotatable bonds is 3. The van der Waals surface area contributed by atoms with Crippen LogP contribution < -0.4 is 5.32 Å². The van der Waals surface area contributed by atoms with Gasteiger partial charge < -0.3 is 10.4 Å². The molecule has 2 N–H and O–H groups in total. The summed E-state index contributed by atoms with van der Waals surface area (Å²) in [6.45, 7) is 1.82. The second-order valence-electron chi connectivity index (χ2n) is 4.10. The van der Waals surface area contributed by atoms with Gasteiger partial charge in [-0.15, -0.1) is 0 Å². The van der Waals surface area contributed by atoms with Gasteiger partial charge >= 0.3 is 5.97 Å². The van der Waals surface area contributed by atoms with Gasteiger partial charge in [-0.1, -0.05) is 18.2 Å². The number of aromatic carboxylic acids is 1. The molecule has 0 aliphatic rings. The molecule has 1 amide bonds. The minimum absolute atomic E-state index is 0.0538. The molecule has 0 bridgehead atoms. The predicted octanol–water partition coefficient (Wildman–Crippen LogP) is 1.68. The van der Waals surface area contributed by atoms with Crippen molar-refractivity contribution in [2.24, 2.45) is 7.05 Å². The molecule has 0 aliphatic heterocycles. The summed E-state index contributed by atoms with van der Waals surface area (Å²) in [5, 5.41) is 15.5. The Hall–Kier alpha value is -2.63. The van der Waals surface area contributed by atoms with Gasteiger partial charge in [-0.25, -0.2) is 4.79 Å². The first-order valence-electron chi connectivity index (χ1n) is 5.63. The third-order valence-electron chi connectivity index (χ3n) is 2.78. The Labute approximate surface area is 109 Å². The highest BCUT2D eigenvalue weighted by Gasteiger charge is 2.18. The van der Waals surface area contributed by atoms with Crippen LogP contribution in [0.2, 0.25) is 0 Å². The number of benzene rings is 1. The van der Waals surface area contributed by atoms with Gasteiger partial charge in [0.15, 0.2) is 5.69 Å². The van der Waals surface area contributed by atoms with Gasteiger partial charge in [-0.2, -0.15) is 5.10 Å². The van der Waals surface area contributed by atoms with E-state index in [0.717, 1.165) is 5.56 Å². The van der Waals surface area contributed by atoms with E-state index in [4.69, 9.17) is 5.11 Å². The Morgan fingerprint density at radius 1 is 1.32 bits per heavy atom. The molecular weight excluding hydrogens is 246 g/mol. The number of carbonyl (C=O) groups excluding carboxylic acids is 1. The first-order chi connectivity index (χ1) is 9.00. The van der Waals surface area contributed by atoms with Crippen LogP contribution in [0.3, 0.4) is 0 Å². The number of aromatic nitrogens is 2. The van der Waals surface area contributed by atoms with Crippen LogP contribution in [0.15, 0.2) is 30.5 Å². The summed E-state index contributed by atoms with van der Waals surface area (Å²) in [5.74, 6) is -1.49. The van der Waals surface area contributed by atoms with Gasteiger partial charge in [0.1, 0.15) is 0 Å². The molecule has 1 heterocycles. The third kappa shape index (κ3) is 2.47. The highest BCUT2D eigenvalue weighted by atomic mass is 16.4. The summed E-state index contributed by atoms with van der Waals surface area (Å²) in [4.78, 5) is 23.2. The number of aryl methyl sites for hydroxylation is 2. The smallest absolute Gasteiger partial charge is 0.356 e. The van der Waals surface area contributed by atoms with Crippen LogP contribution in [0.1, 0.15) is 26.4 Å². The Bertz CT molecular complexity index is 646. The summed E-state index contributed by atoms with van der Waals surface area (Å²) in [5.41, 5.74) is 1.45. The van der Waals surface area contributed by atoms with Gasteiger partial charge in [0.25, 0.3) is 5.91 Å². The van der Waals surface area contributed by atoms with Crippen LogP contribution >= 0.6 is 0 Å². The normalized spacial score (nSPS) is 10.2. The lowest BCUT2D eigenvalue weighted by atomic mass is 10.1. The molecule has 0 fully saturated rings. The quantitative estimate of drug-likeness (QED) is 0.878. The lowest BCUT2D eigenvalue weighted by molar-refractivity contribution is 0.0686. The van der Waals surface area contributed by atoms with Crippen molar-refractivity contribution >= 4 is 17.6 Å². The molecule has 1 aromatic carbocycles. The van der Waals surface area contributed by atoms with Crippen LogP contribution in [0, 0.1) is 6.92 Å². The lowest BCUT2D eigenvalue weighted by Crippen LogP contribution is -2.16. The van der Waals surface area contributed by atoms with Crippen LogP contribution in [-0.2, 0) is 7.05 Å². The molecular formula is C13H13N3O3. The van der Waals surface area contributed by atoms with Gasteiger partial charge in [0.2, 0.25) is 0 Å². The molecule has 98 valence electrons. The molecule has 6 heteroatoms. The SMILES string of the molecule is Cc1ccccc1C(=O)Nc1cnn(C)c1C(=O)O. The van der Waals surface area contributed by atoms with E-state index in [2.05, 4.69) is 10.4 Å². The Balaban J connectivity index is 2.30. The Kier molecular flexibility index (Phi) is 3.33. The van der Waals surface area contributed by atoms with Gasteiger partial charge in [0.05, 0.1) is 11.9 Å². The zero-order valence-corrected chi connectivity index (χ0v) is 10.5. The summed E-state index contributed by atoms with van der Waals surface area (Å²) in [6.07, 6.45) is 1.32. The Morgan fingerprint density at radius 3 is 2.63 bits per heavy atom. The monoisotopic (exact) mass is 259 g/mol. The topological polar surface area (TPSA) is 84.2 Å². The zero-order chi connectivity index (χ0) is 14.0. The highest BCUT2D eigenvalue weighted by molar-refractivity contribution is 6.07. The van der Waals surface area contributed by atoms with Crippen molar-refractivity contribution in [1.82, 2.24) is 9.78 Å². The molecule has 0 saturated heterocycles. The van der Waals surface area contributed by atoms with Crippen molar-refractivity contribution in [3.05, 3.63) is 47.3 Å². The van der Waals surface area contributed by atoms with Crippen molar-refractivity contribution in [1.29, 1.82) is 0 Å². The number of hydrogen-bond acceptors (Lipinski definition) is 3. The second kappa shape index (κ2) is 4.93. The minimum Gasteiger partial charge on any atom is -0.476 e. The van der Waals surface area contributed by atoms with Gasteiger partial charge in [-0.3, -0.25) is 9.48 Å². The van der Waals surface area contributed by atoms with E-state index < -0.39 is 5.97 Å². The van der Waals surface area contributed by atoms with Gasteiger partial charge in [0, 0.05) is 12.6 Å². The number of carboxylic acid groups (broad SMARTS) is 1. The largest absolute Gasteiger partial charge is 0.476 e. The third-order valence-corrected chi connectivity index (χ3v) is 2.78. The molecule has 6 nitrogen and oxygen atoms in total. The molecule has 0 spiro atoms. The fourth-order valence-corrected chi connectivity index (χ4v) is 1.80. The molecule has 19 heavy (non-hydrogen) atoms. The predicted molar refractivity (Wildman–Crippen MR) is 69.3 cm³/mol. The van der Waals surface area contributed by atoms with Gasteiger partial charge in [-0.05, 0) is 18.6 Å². The van der Waals surface area contributed by atoms with E-state index in [1.807, 2.05) is 19.1 Å². The number of anilines is 1. The first-order valence-corrected chi connectivity index (χ1v) is 5.63. The van der Waals surface area contributed by atoms with Crippen LogP contribution in [0.4, 0.5) is 5.69 Å². The average molecular weight is 259 g/mol. The fourth-order valence-electron chi connectivity index (χ4n) is 1.80. The number of amides is 1. The van der Waals surface area contributed by atoms with Crippen LogP contribution in [0.25, 0.3) is 0 Å². The number of nitrogens with zero attached hydrogens (tertiary/aromatic N) is 2. The number of carbonyl (C=O) groups is 2.